The van der Waals surface area contributed by atoms with Gasteiger partial charge in [0.1, 0.15) is 17.3 Å². The third-order valence-electron chi connectivity index (χ3n) is 5.66. The van der Waals surface area contributed by atoms with Crippen molar-refractivity contribution in [3.05, 3.63) is 47.7 Å². The number of piperazine rings is 1. The highest BCUT2D eigenvalue weighted by atomic mass is 127. The number of nitrogens with one attached hydrogen (secondary N) is 2. The van der Waals surface area contributed by atoms with Gasteiger partial charge in [0.15, 0.2) is 5.96 Å². The molecule has 3 rings (SSSR count). The van der Waals surface area contributed by atoms with Crippen LogP contribution in [0.5, 0.6) is 11.5 Å². The first-order valence-corrected chi connectivity index (χ1v) is 11.3. The minimum Gasteiger partial charge on any atom is -0.497 e. The van der Waals surface area contributed by atoms with Crippen molar-refractivity contribution in [2.45, 2.75) is 26.9 Å². The highest BCUT2D eigenvalue weighted by Gasteiger charge is 2.16. The molecule has 0 amide bonds. The molecule has 0 saturated carbocycles. The average Bonchev–Trinajstić information content (AvgIpc) is 2.85. The van der Waals surface area contributed by atoms with Crippen molar-refractivity contribution in [3.8, 4) is 11.5 Å². The molecule has 1 aromatic carbocycles. The second-order valence-corrected chi connectivity index (χ2v) is 7.67. The fraction of sp³-hybridized carbons (Fsp3) is 0.500. The molecule has 1 saturated heterocycles. The SMILES string of the molecule is CCNC(=NCc1ccnc(N2CCN(CC)CC2)c1)NCc1ccc(OC)cc1OC.I. The van der Waals surface area contributed by atoms with Gasteiger partial charge >= 0.3 is 0 Å². The van der Waals surface area contributed by atoms with E-state index >= 15 is 0 Å². The van der Waals surface area contributed by atoms with E-state index in [4.69, 9.17) is 14.5 Å². The number of likely N-dealkylation sites (N-methyl/N-ethyl adjacent to an activating group) is 1. The van der Waals surface area contributed by atoms with Crippen LogP contribution in [0.15, 0.2) is 41.5 Å². The summed E-state index contributed by atoms with van der Waals surface area (Å²) < 4.78 is 10.8. The second-order valence-electron chi connectivity index (χ2n) is 7.67. The summed E-state index contributed by atoms with van der Waals surface area (Å²) in [5, 5.41) is 6.71. The van der Waals surface area contributed by atoms with Crippen LogP contribution >= 0.6 is 24.0 Å². The van der Waals surface area contributed by atoms with Gasteiger partial charge in [0.05, 0.1) is 20.8 Å². The Bertz CT molecular complexity index is 887. The number of hydrogen-bond acceptors (Lipinski definition) is 6. The number of halogens is 1. The number of nitrogens with zero attached hydrogens (tertiary/aromatic N) is 4. The Morgan fingerprint density at radius 2 is 1.82 bits per heavy atom. The van der Waals surface area contributed by atoms with E-state index in [2.05, 4.69) is 45.3 Å². The van der Waals surface area contributed by atoms with E-state index in [0.717, 1.165) is 73.7 Å². The summed E-state index contributed by atoms with van der Waals surface area (Å²) in [7, 11) is 3.32. The topological polar surface area (TPSA) is 74.3 Å². The molecule has 0 radical (unpaired) electrons. The van der Waals surface area contributed by atoms with Crippen molar-refractivity contribution in [1.29, 1.82) is 0 Å². The molecule has 0 bridgehead atoms. The number of pyridine rings is 1. The van der Waals surface area contributed by atoms with Crippen LogP contribution in [0, 0.1) is 0 Å². The molecular formula is C24H37IN6O2. The Morgan fingerprint density at radius 3 is 2.48 bits per heavy atom. The Balaban J connectivity index is 0.00000385. The van der Waals surface area contributed by atoms with E-state index < -0.39 is 0 Å². The maximum absolute atomic E-state index is 5.50. The molecule has 1 aromatic heterocycles. The Morgan fingerprint density at radius 1 is 1.03 bits per heavy atom. The van der Waals surface area contributed by atoms with E-state index in [1.54, 1.807) is 14.2 Å². The van der Waals surface area contributed by atoms with Crippen molar-refractivity contribution in [1.82, 2.24) is 20.5 Å². The maximum Gasteiger partial charge on any atom is 0.191 e. The maximum atomic E-state index is 5.50. The number of aliphatic imine (C=N–C) groups is 1. The molecule has 33 heavy (non-hydrogen) atoms. The molecule has 1 aliphatic heterocycles. The summed E-state index contributed by atoms with van der Waals surface area (Å²) in [6.07, 6.45) is 1.88. The van der Waals surface area contributed by atoms with Crippen molar-refractivity contribution in [2.75, 3.05) is 58.4 Å². The molecule has 2 aromatic rings. The lowest BCUT2D eigenvalue weighted by Gasteiger charge is -2.34. The van der Waals surface area contributed by atoms with Crippen LogP contribution in [0.2, 0.25) is 0 Å². The largest absolute Gasteiger partial charge is 0.497 e. The predicted octanol–water partition coefficient (Wildman–Crippen LogP) is 3.11. The zero-order valence-electron chi connectivity index (χ0n) is 20.1. The number of guanidine groups is 1. The minimum absolute atomic E-state index is 0. The molecule has 8 nitrogen and oxygen atoms in total. The first-order valence-electron chi connectivity index (χ1n) is 11.3. The van der Waals surface area contributed by atoms with Gasteiger partial charge in [-0.3, -0.25) is 0 Å². The molecule has 2 N–H and O–H groups in total. The number of aromatic nitrogens is 1. The lowest BCUT2D eigenvalue weighted by molar-refractivity contribution is 0.270. The fourth-order valence-electron chi connectivity index (χ4n) is 3.71. The van der Waals surface area contributed by atoms with Gasteiger partial charge in [-0.2, -0.15) is 0 Å². The standard InChI is InChI=1S/C24H36N6O2.HI/c1-5-25-24(28-18-20-7-8-21(31-3)16-22(20)32-4)27-17-19-9-10-26-23(15-19)30-13-11-29(6-2)12-14-30;/h7-10,15-16H,5-6,11-14,17-18H2,1-4H3,(H2,25,27,28);1H. The lowest BCUT2D eigenvalue weighted by Crippen LogP contribution is -2.46. The first kappa shape index (κ1) is 27.0. The number of benzene rings is 1. The molecule has 182 valence electrons. The van der Waals surface area contributed by atoms with Gasteiger partial charge in [0, 0.05) is 57.1 Å². The van der Waals surface area contributed by atoms with Crippen molar-refractivity contribution < 1.29 is 9.47 Å². The first-order chi connectivity index (χ1) is 15.7. The Labute approximate surface area is 214 Å². The zero-order valence-corrected chi connectivity index (χ0v) is 22.5. The average molecular weight is 569 g/mol. The van der Waals surface area contributed by atoms with Gasteiger partial charge in [-0.1, -0.05) is 6.92 Å². The van der Waals surface area contributed by atoms with Crippen molar-refractivity contribution >= 4 is 35.8 Å². The van der Waals surface area contributed by atoms with Crippen LogP contribution in [0.1, 0.15) is 25.0 Å². The van der Waals surface area contributed by atoms with Crippen LogP contribution in [0.4, 0.5) is 5.82 Å². The summed E-state index contributed by atoms with van der Waals surface area (Å²) in [6.45, 7) is 11.6. The molecule has 2 heterocycles. The Kier molecular flexibility index (Phi) is 11.5. The van der Waals surface area contributed by atoms with Gasteiger partial charge < -0.3 is 29.9 Å². The molecule has 0 atom stereocenters. The van der Waals surface area contributed by atoms with Crippen LogP contribution in [-0.4, -0.2) is 69.3 Å². The van der Waals surface area contributed by atoms with Gasteiger partial charge in [-0.15, -0.1) is 24.0 Å². The predicted molar refractivity (Wildman–Crippen MR) is 145 cm³/mol. The van der Waals surface area contributed by atoms with Gasteiger partial charge in [0.25, 0.3) is 0 Å². The summed E-state index contributed by atoms with van der Waals surface area (Å²) in [4.78, 5) is 14.2. The van der Waals surface area contributed by atoms with E-state index in [1.807, 2.05) is 30.5 Å². The summed E-state index contributed by atoms with van der Waals surface area (Å²) in [5.74, 6) is 3.36. The van der Waals surface area contributed by atoms with E-state index in [9.17, 15) is 0 Å². The highest BCUT2D eigenvalue weighted by molar-refractivity contribution is 14.0. The van der Waals surface area contributed by atoms with Crippen LogP contribution in [-0.2, 0) is 13.1 Å². The molecule has 0 unspecified atom stereocenters. The number of ether oxygens (including phenoxy) is 2. The molecule has 1 aliphatic rings. The molecule has 1 fully saturated rings. The summed E-state index contributed by atoms with van der Waals surface area (Å²) in [5.41, 5.74) is 2.18. The van der Waals surface area contributed by atoms with Gasteiger partial charge in [-0.25, -0.2) is 9.98 Å². The van der Waals surface area contributed by atoms with E-state index in [1.165, 1.54) is 0 Å². The normalized spacial score (nSPS) is 14.4. The fourth-order valence-corrected chi connectivity index (χ4v) is 3.71. The van der Waals surface area contributed by atoms with Crippen molar-refractivity contribution in [2.24, 2.45) is 4.99 Å². The quantitative estimate of drug-likeness (QED) is 0.274. The Hall–Kier alpha value is -2.27. The third kappa shape index (κ3) is 7.92. The lowest BCUT2D eigenvalue weighted by atomic mass is 10.2. The molecule has 0 spiro atoms. The third-order valence-corrected chi connectivity index (χ3v) is 5.66. The summed E-state index contributed by atoms with van der Waals surface area (Å²) in [6, 6.07) is 10.0. The summed E-state index contributed by atoms with van der Waals surface area (Å²) >= 11 is 0. The van der Waals surface area contributed by atoms with E-state index in [0.29, 0.717) is 13.1 Å². The van der Waals surface area contributed by atoms with Gasteiger partial charge in [-0.05, 0) is 43.3 Å². The highest BCUT2D eigenvalue weighted by Crippen LogP contribution is 2.24. The van der Waals surface area contributed by atoms with Crippen LogP contribution in [0.25, 0.3) is 0 Å². The smallest absolute Gasteiger partial charge is 0.191 e. The molecular weight excluding hydrogens is 531 g/mol. The second kappa shape index (κ2) is 14.1. The zero-order chi connectivity index (χ0) is 22.8. The van der Waals surface area contributed by atoms with E-state index in [-0.39, 0.29) is 24.0 Å². The number of methoxy groups -OCH3 is 2. The number of rotatable bonds is 9. The number of anilines is 1. The minimum atomic E-state index is 0. The van der Waals surface area contributed by atoms with Crippen molar-refractivity contribution in [3.63, 3.8) is 0 Å². The van der Waals surface area contributed by atoms with Gasteiger partial charge in [0.2, 0.25) is 0 Å². The molecule has 9 heteroatoms. The molecule has 0 aliphatic carbocycles. The van der Waals surface area contributed by atoms with Crippen LogP contribution < -0.4 is 25.0 Å². The monoisotopic (exact) mass is 568 g/mol. The van der Waals surface area contributed by atoms with Crippen LogP contribution in [0.3, 0.4) is 0 Å². The number of hydrogen-bond donors (Lipinski definition) is 2.